The molecule has 0 bridgehead atoms. The van der Waals surface area contributed by atoms with E-state index < -0.39 is 21.0 Å². The molecule has 0 amide bonds. The Balaban J connectivity index is 4.26. The molecule has 1 atom stereocenters. The summed E-state index contributed by atoms with van der Waals surface area (Å²) in [5, 5.41) is 0. The van der Waals surface area contributed by atoms with Crippen LogP contribution in [0.2, 0.25) is 0 Å². The maximum absolute atomic E-state index is 10.5. The maximum atomic E-state index is 10.5. The van der Waals surface area contributed by atoms with Crippen molar-refractivity contribution in [2.45, 2.75) is 39.2 Å². The molecule has 0 radical (unpaired) electrons. The topological polar surface area (TPSA) is 43.4 Å². The van der Waals surface area contributed by atoms with E-state index in [-0.39, 0.29) is 0 Å². The van der Waals surface area contributed by atoms with Gasteiger partial charge in [-0.3, -0.25) is 0 Å². The van der Waals surface area contributed by atoms with Crippen LogP contribution in [-0.4, -0.2) is 5.60 Å². The van der Waals surface area contributed by atoms with Gasteiger partial charge in [0.25, 0.3) is 0 Å². The van der Waals surface area contributed by atoms with Gasteiger partial charge in [0.15, 0.2) is 0 Å². The minimum absolute atomic E-state index is 0.636. The first-order chi connectivity index (χ1) is 6.39. The van der Waals surface area contributed by atoms with Crippen LogP contribution in [0.25, 0.3) is 0 Å². The molecule has 0 aliphatic rings. The Hall–Kier alpha value is -0.376. The Morgan fingerprint density at radius 3 is 2.43 bits per heavy atom. The van der Waals surface area contributed by atoms with Gasteiger partial charge in [0.05, 0.1) is 0 Å². The summed E-state index contributed by atoms with van der Waals surface area (Å²) in [6, 6.07) is 0. The van der Waals surface area contributed by atoms with Gasteiger partial charge in [0.1, 0.15) is 0 Å². The second kappa shape index (κ2) is 6.17. The van der Waals surface area contributed by atoms with E-state index in [0.29, 0.717) is 6.42 Å². The second-order valence-electron chi connectivity index (χ2n) is 3.65. The number of allylic oxidation sites excluding steroid dienone is 2. The van der Waals surface area contributed by atoms with Crippen molar-refractivity contribution in [1.29, 1.82) is 0 Å². The van der Waals surface area contributed by atoms with E-state index >= 15 is 0 Å². The Morgan fingerprint density at radius 2 is 2.07 bits per heavy atom. The molecule has 80 valence electrons. The SMILES string of the molecule is C=CC(C)(CCC=C(C)C)[O][V](=[O])=[O]. The van der Waals surface area contributed by atoms with E-state index in [9.17, 15) is 7.35 Å². The van der Waals surface area contributed by atoms with Crippen LogP contribution in [0.5, 0.6) is 0 Å². The van der Waals surface area contributed by atoms with Gasteiger partial charge in [-0.25, -0.2) is 0 Å². The van der Waals surface area contributed by atoms with Crippen molar-refractivity contribution in [1.82, 2.24) is 0 Å². The van der Waals surface area contributed by atoms with Gasteiger partial charge < -0.3 is 0 Å². The summed E-state index contributed by atoms with van der Waals surface area (Å²) in [7, 11) is 0. The Kier molecular flexibility index (Phi) is 6.01. The number of hydrogen-bond acceptors (Lipinski definition) is 3. The molecule has 4 heteroatoms. The van der Waals surface area contributed by atoms with Crippen LogP contribution in [0.3, 0.4) is 0 Å². The van der Waals surface area contributed by atoms with Crippen LogP contribution in [-0.2, 0) is 26.4 Å². The van der Waals surface area contributed by atoms with Gasteiger partial charge in [-0.2, -0.15) is 0 Å². The summed E-state index contributed by atoms with van der Waals surface area (Å²) in [6.07, 6.45) is 5.03. The monoisotopic (exact) mass is 236 g/mol. The van der Waals surface area contributed by atoms with E-state index in [0.717, 1.165) is 6.42 Å². The molecule has 0 aliphatic carbocycles. The minimum atomic E-state index is -3.53. The molecular weight excluding hydrogens is 219 g/mol. The molecule has 0 aliphatic heterocycles. The Bertz CT molecular complexity index is 280. The van der Waals surface area contributed by atoms with Gasteiger partial charge >= 0.3 is 89.9 Å². The van der Waals surface area contributed by atoms with Gasteiger partial charge in [-0.15, -0.1) is 0 Å². The second-order valence-corrected chi connectivity index (χ2v) is 4.64. The molecule has 0 aromatic heterocycles. The number of rotatable bonds is 6. The van der Waals surface area contributed by atoms with E-state index in [1.165, 1.54) is 5.57 Å². The van der Waals surface area contributed by atoms with Crippen molar-refractivity contribution < 1.29 is 26.4 Å². The van der Waals surface area contributed by atoms with Crippen LogP contribution in [0.1, 0.15) is 33.6 Å². The van der Waals surface area contributed by atoms with E-state index in [2.05, 4.69) is 12.7 Å². The predicted octanol–water partition coefficient (Wildman–Crippen LogP) is 2.92. The zero-order valence-corrected chi connectivity index (χ0v) is 10.3. The normalized spacial score (nSPS) is 14.2. The third kappa shape index (κ3) is 6.14. The first-order valence-corrected chi connectivity index (χ1v) is 6.21. The first kappa shape index (κ1) is 13.6. The molecule has 3 nitrogen and oxygen atoms in total. The zero-order chi connectivity index (χ0) is 11.2. The molecule has 1 unspecified atom stereocenters. The molecule has 0 spiro atoms. The van der Waals surface area contributed by atoms with Crippen molar-refractivity contribution in [2.24, 2.45) is 0 Å². The van der Waals surface area contributed by atoms with E-state index in [1.807, 2.05) is 13.8 Å². The average Bonchev–Trinajstić information content (AvgIpc) is 2.02. The van der Waals surface area contributed by atoms with Crippen LogP contribution in [0.4, 0.5) is 0 Å². The van der Waals surface area contributed by atoms with Crippen molar-refractivity contribution in [3.05, 3.63) is 24.3 Å². The molecule has 14 heavy (non-hydrogen) atoms. The zero-order valence-electron chi connectivity index (χ0n) is 8.95. The van der Waals surface area contributed by atoms with Crippen LogP contribution < -0.4 is 0 Å². The van der Waals surface area contributed by atoms with Crippen molar-refractivity contribution in [2.75, 3.05) is 0 Å². The van der Waals surface area contributed by atoms with Crippen molar-refractivity contribution >= 4 is 0 Å². The molecule has 0 fully saturated rings. The van der Waals surface area contributed by atoms with Gasteiger partial charge in [-0.05, 0) is 0 Å². The van der Waals surface area contributed by atoms with Gasteiger partial charge in [0, 0.05) is 0 Å². The fourth-order valence-electron chi connectivity index (χ4n) is 1.00. The molecule has 0 heterocycles. The third-order valence-corrected chi connectivity index (χ3v) is 2.79. The quantitative estimate of drug-likeness (QED) is 0.666. The van der Waals surface area contributed by atoms with Crippen LogP contribution in [0.15, 0.2) is 24.3 Å². The van der Waals surface area contributed by atoms with Gasteiger partial charge in [0.2, 0.25) is 0 Å². The summed E-state index contributed by atoms with van der Waals surface area (Å²) in [5.74, 6) is 0. The molecule has 0 N–H and O–H groups in total. The molecule has 0 saturated heterocycles. The van der Waals surface area contributed by atoms with Crippen LogP contribution >= 0.6 is 0 Å². The molecule has 0 saturated carbocycles. The summed E-state index contributed by atoms with van der Waals surface area (Å²) < 4.78 is 25.9. The third-order valence-electron chi connectivity index (χ3n) is 1.91. The molecule has 0 aromatic carbocycles. The Labute approximate surface area is 90.2 Å². The van der Waals surface area contributed by atoms with Gasteiger partial charge in [-0.1, -0.05) is 0 Å². The van der Waals surface area contributed by atoms with E-state index in [4.69, 9.17) is 3.66 Å². The molecule has 0 rings (SSSR count). The standard InChI is InChI=1S/C10H17O.2O.V/c1-5-10(4,11)8-6-7-9(2)3;;;/h5,7H,1,6,8H2,2-4H3;;;/q-1;;;+1. The van der Waals surface area contributed by atoms with Crippen molar-refractivity contribution in [3.8, 4) is 0 Å². The molecule has 0 aromatic rings. The summed E-state index contributed by atoms with van der Waals surface area (Å²) in [4.78, 5) is 0. The average molecular weight is 236 g/mol. The predicted molar refractivity (Wildman–Crippen MR) is 49.7 cm³/mol. The van der Waals surface area contributed by atoms with E-state index in [1.54, 1.807) is 13.0 Å². The summed E-state index contributed by atoms with van der Waals surface area (Å²) >= 11 is -3.53. The van der Waals surface area contributed by atoms with Crippen LogP contribution in [0, 0.1) is 0 Å². The fourth-order valence-corrected chi connectivity index (χ4v) is 1.79. The molecular formula is C10H17O3V. The fraction of sp³-hybridized carbons (Fsp3) is 0.600. The summed E-state index contributed by atoms with van der Waals surface area (Å²) in [5.41, 5.74) is 0.477. The Morgan fingerprint density at radius 1 is 1.50 bits per heavy atom. The van der Waals surface area contributed by atoms with Crippen molar-refractivity contribution in [3.63, 3.8) is 0 Å². The number of hydrogen-bond donors (Lipinski definition) is 0. The first-order valence-electron chi connectivity index (χ1n) is 4.50. The summed E-state index contributed by atoms with van der Waals surface area (Å²) in [6.45, 7) is 9.33.